The first-order valence-electron chi connectivity index (χ1n) is 4.42. The summed E-state index contributed by atoms with van der Waals surface area (Å²) in [6.07, 6.45) is 0. The number of amidine groups is 1. The maximum absolute atomic E-state index is 7.21. The van der Waals surface area contributed by atoms with Gasteiger partial charge in [0.1, 0.15) is 5.03 Å². The van der Waals surface area contributed by atoms with E-state index in [0.29, 0.717) is 5.03 Å². The van der Waals surface area contributed by atoms with E-state index in [1.807, 2.05) is 31.2 Å². The fraction of sp³-hybridized carbons (Fsp3) is 0.100. The van der Waals surface area contributed by atoms with Crippen molar-refractivity contribution in [3.63, 3.8) is 0 Å². The Bertz CT molecular complexity index is 529. The van der Waals surface area contributed by atoms with Crippen molar-refractivity contribution in [1.82, 2.24) is 9.97 Å². The Morgan fingerprint density at radius 3 is 2.38 bits per heavy atom. The zero-order valence-corrected chi connectivity index (χ0v) is 10.2. The SMILES string of the molecule is Cc1nc2ccccc2nc1SC(=N)N.Cl. The molecule has 16 heavy (non-hydrogen) atoms. The molecule has 6 heteroatoms. The van der Waals surface area contributed by atoms with Crippen LogP contribution >= 0.6 is 24.2 Å². The molecule has 2 rings (SSSR count). The molecule has 0 amide bonds. The number of hydrogen-bond donors (Lipinski definition) is 2. The van der Waals surface area contributed by atoms with E-state index in [1.165, 1.54) is 0 Å². The van der Waals surface area contributed by atoms with Crippen LogP contribution in [0.4, 0.5) is 0 Å². The number of aromatic nitrogens is 2. The highest BCUT2D eigenvalue weighted by Gasteiger charge is 2.06. The maximum Gasteiger partial charge on any atom is 0.157 e. The van der Waals surface area contributed by atoms with Crippen LogP contribution in [-0.2, 0) is 0 Å². The molecule has 0 aliphatic carbocycles. The number of nitrogens with one attached hydrogen (secondary N) is 1. The van der Waals surface area contributed by atoms with Crippen LogP contribution < -0.4 is 5.73 Å². The van der Waals surface area contributed by atoms with Crippen LogP contribution in [0.2, 0.25) is 0 Å². The number of nitrogens with two attached hydrogens (primary N) is 1. The molecule has 0 aliphatic rings. The molecular formula is C10H11ClN4S. The van der Waals surface area contributed by atoms with E-state index in [9.17, 15) is 0 Å². The molecule has 0 unspecified atom stereocenters. The summed E-state index contributed by atoms with van der Waals surface area (Å²) >= 11 is 1.13. The number of para-hydroxylation sites is 2. The Balaban J connectivity index is 0.00000128. The van der Waals surface area contributed by atoms with Gasteiger partial charge in [-0.25, -0.2) is 9.97 Å². The molecule has 0 saturated heterocycles. The summed E-state index contributed by atoms with van der Waals surface area (Å²) in [5, 5.41) is 7.94. The van der Waals surface area contributed by atoms with Gasteiger partial charge >= 0.3 is 0 Å². The number of thioether (sulfide) groups is 1. The Morgan fingerprint density at radius 2 is 1.81 bits per heavy atom. The van der Waals surface area contributed by atoms with Crippen LogP contribution in [0.3, 0.4) is 0 Å². The van der Waals surface area contributed by atoms with Gasteiger partial charge in [0, 0.05) is 0 Å². The third kappa shape index (κ3) is 2.62. The minimum atomic E-state index is 0. The van der Waals surface area contributed by atoms with Crippen LogP contribution in [0.25, 0.3) is 11.0 Å². The van der Waals surface area contributed by atoms with Gasteiger partial charge in [-0.1, -0.05) is 12.1 Å². The molecule has 4 nitrogen and oxygen atoms in total. The second-order valence-electron chi connectivity index (χ2n) is 3.07. The standard InChI is InChI=1S/C10H10N4S.ClH/c1-6-9(15-10(11)12)14-8-5-3-2-4-7(8)13-6;/h2-5H,1H3,(H3,11,12);1H. The van der Waals surface area contributed by atoms with Gasteiger partial charge in [0.2, 0.25) is 0 Å². The molecule has 0 fully saturated rings. The molecule has 0 spiro atoms. The molecule has 0 atom stereocenters. The minimum Gasteiger partial charge on any atom is -0.378 e. The zero-order valence-electron chi connectivity index (χ0n) is 8.60. The summed E-state index contributed by atoms with van der Waals surface area (Å²) in [7, 11) is 0. The zero-order chi connectivity index (χ0) is 10.8. The molecule has 2 aromatic rings. The number of aryl methyl sites for hydroxylation is 1. The van der Waals surface area contributed by atoms with Crippen molar-refractivity contribution in [1.29, 1.82) is 5.41 Å². The number of halogens is 1. The first-order valence-corrected chi connectivity index (χ1v) is 5.24. The van der Waals surface area contributed by atoms with Gasteiger partial charge in [-0.05, 0) is 30.8 Å². The summed E-state index contributed by atoms with van der Waals surface area (Å²) in [6, 6.07) is 7.65. The van der Waals surface area contributed by atoms with E-state index in [0.717, 1.165) is 28.5 Å². The lowest BCUT2D eigenvalue weighted by Gasteiger charge is -2.04. The van der Waals surface area contributed by atoms with Gasteiger partial charge in [-0.3, -0.25) is 5.41 Å². The van der Waals surface area contributed by atoms with Crippen molar-refractivity contribution >= 4 is 40.4 Å². The van der Waals surface area contributed by atoms with Crippen LogP contribution in [0.15, 0.2) is 29.3 Å². The van der Waals surface area contributed by atoms with E-state index < -0.39 is 0 Å². The van der Waals surface area contributed by atoms with E-state index >= 15 is 0 Å². The molecule has 1 aromatic carbocycles. The number of hydrogen-bond acceptors (Lipinski definition) is 4. The lowest BCUT2D eigenvalue weighted by molar-refractivity contribution is 1.04. The van der Waals surface area contributed by atoms with Crippen molar-refractivity contribution in [3.05, 3.63) is 30.0 Å². The first-order chi connectivity index (χ1) is 7.16. The molecule has 0 saturated carbocycles. The normalized spacial score (nSPS) is 9.81. The van der Waals surface area contributed by atoms with Gasteiger partial charge in [-0.15, -0.1) is 12.4 Å². The lowest BCUT2D eigenvalue weighted by atomic mass is 10.3. The predicted octanol–water partition coefficient (Wildman–Crippen LogP) is 2.35. The molecule has 0 aliphatic heterocycles. The van der Waals surface area contributed by atoms with Crippen molar-refractivity contribution in [3.8, 4) is 0 Å². The van der Waals surface area contributed by atoms with Crippen LogP contribution in [0, 0.1) is 12.3 Å². The summed E-state index contributed by atoms with van der Waals surface area (Å²) in [6.45, 7) is 1.87. The van der Waals surface area contributed by atoms with Gasteiger partial charge in [0.25, 0.3) is 0 Å². The Hall–Kier alpha value is -1.33. The number of fused-ring (bicyclic) bond motifs is 1. The second-order valence-corrected chi connectivity index (χ2v) is 4.10. The number of nitrogens with zero attached hydrogens (tertiary/aromatic N) is 2. The van der Waals surface area contributed by atoms with Gasteiger partial charge in [0.05, 0.1) is 16.7 Å². The topological polar surface area (TPSA) is 75.7 Å². The van der Waals surface area contributed by atoms with Gasteiger partial charge in [-0.2, -0.15) is 0 Å². The summed E-state index contributed by atoms with van der Waals surface area (Å²) in [5.74, 6) is 0. The Morgan fingerprint density at radius 1 is 1.25 bits per heavy atom. The van der Waals surface area contributed by atoms with Crippen LogP contribution in [0.1, 0.15) is 5.69 Å². The summed E-state index contributed by atoms with van der Waals surface area (Å²) < 4.78 is 0. The smallest absolute Gasteiger partial charge is 0.157 e. The molecule has 84 valence electrons. The molecular weight excluding hydrogens is 244 g/mol. The molecule has 0 radical (unpaired) electrons. The van der Waals surface area contributed by atoms with Gasteiger partial charge in [0.15, 0.2) is 5.17 Å². The van der Waals surface area contributed by atoms with Crippen molar-refractivity contribution in [2.24, 2.45) is 5.73 Å². The summed E-state index contributed by atoms with van der Waals surface area (Å²) in [5.41, 5.74) is 7.81. The fourth-order valence-electron chi connectivity index (χ4n) is 1.27. The third-order valence-corrected chi connectivity index (χ3v) is 2.71. The van der Waals surface area contributed by atoms with Gasteiger partial charge < -0.3 is 5.73 Å². The number of rotatable bonds is 1. The average molecular weight is 255 g/mol. The quantitative estimate of drug-likeness (QED) is 0.465. The highest BCUT2D eigenvalue weighted by molar-refractivity contribution is 8.13. The van der Waals surface area contributed by atoms with E-state index in [4.69, 9.17) is 11.1 Å². The van der Waals surface area contributed by atoms with Crippen molar-refractivity contribution < 1.29 is 0 Å². The van der Waals surface area contributed by atoms with Crippen molar-refractivity contribution in [2.45, 2.75) is 11.9 Å². The Labute approximate surface area is 104 Å². The summed E-state index contributed by atoms with van der Waals surface area (Å²) in [4.78, 5) is 8.79. The largest absolute Gasteiger partial charge is 0.378 e. The Kier molecular flexibility index (Phi) is 4.09. The first kappa shape index (κ1) is 12.7. The van der Waals surface area contributed by atoms with Crippen molar-refractivity contribution in [2.75, 3.05) is 0 Å². The minimum absolute atomic E-state index is 0. The van der Waals surface area contributed by atoms with E-state index in [-0.39, 0.29) is 17.6 Å². The molecule has 1 aromatic heterocycles. The van der Waals surface area contributed by atoms with E-state index in [1.54, 1.807) is 0 Å². The highest BCUT2D eigenvalue weighted by atomic mass is 35.5. The average Bonchev–Trinajstić information content (AvgIpc) is 2.18. The third-order valence-electron chi connectivity index (χ3n) is 1.91. The number of benzene rings is 1. The maximum atomic E-state index is 7.21. The van der Waals surface area contributed by atoms with E-state index in [2.05, 4.69) is 9.97 Å². The second kappa shape index (κ2) is 5.14. The lowest BCUT2D eigenvalue weighted by Crippen LogP contribution is -2.05. The molecule has 3 N–H and O–H groups in total. The van der Waals surface area contributed by atoms with Crippen LogP contribution in [0.5, 0.6) is 0 Å². The monoisotopic (exact) mass is 254 g/mol. The molecule has 1 heterocycles. The molecule has 0 bridgehead atoms. The predicted molar refractivity (Wildman–Crippen MR) is 69.3 cm³/mol. The van der Waals surface area contributed by atoms with Crippen LogP contribution in [-0.4, -0.2) is 15.1 Å². The fourth-order valence-corrected chi connectivity index (χ4v) is 1.82. The highest BCUT2D eigenvalue weighted by Crippen LogP contribution is 2.20.